The normalized spacial score (nSPS) is 10.9. The van der Waals surface area contributed by atoms with Crippen LogP contribution in [0, 0.1) is 19.8 Å². The monoisotopic (exact) mass is 381 g/mol. The number of anilines is 2. The largest absolute Gasteiger partial charge is 0.326 e. The summed E-state index contributed by atoms with van der Waals surface area (Å²) in [5.74, 6) is -0.325. The molecule has 3 aromatic rings. The minimum Gasteiger partial charge on any atom is -0.326 e. The highest BCUT2D eigenvalue weighted by Gasteiger charge is 2.20. The van der Waals surface area contributed by atoms with Crippen LogP contribution in [0.15, 0.2) is 48.8 Å². The molecule has 2 N–H and O–H groups in total. The summed E-state index contributed by atoms with van der Waals surface area (Å²) < 4.78 is 1.96. The van der Waals surface area contributed by atoms with Gasteiger partial charge in [-0.15, -0.1) is 11.3 Å². The molecule has 0 bridgehead atoms. The summed E-state index contributed by atoms with van der Waals surface area (Å²) in [7, 11) is 0. The number of aryl methyl sites for hydroxylation is 1. The molecule has 2 heterocycles. The van der Waals surface area contributed by atoms with Crippen molar-refractivity contribution < 1.29 is 9.59 Å². The van der Waals surface area contributed by atoms with Crippen molar-refractivity contribution in [3.8, 4) is 5.00 Å². The van der Waals surface area contributed by atoms with Crippen molar-refractivity contribution in [3.63, 3.8) is 0 Å². The van der Waals surface area contributed by atoms with Crippen LogP contribution in [0.25, 0.3) is 5.00 Å². The molecule has 140 valence electrons. The van der Waals surface area contributed by atoms with Crippen LogP contribution in [0.3, 0.4) is 0 Å². The lowest BCUT2D eigenvalue weighted by atomic mass is 10.1. The Balaban J connectivity index is 1.86. The molecule has 27 heavy (non-hydrogen) atoms. The topological polar surface area (TPSA) is 63.1 Å². The van der Waals surface area contributed by atoms with Crippen LogP contribution in [0.4, 0.5) is 11.4 Å². The Kier molecular flexibility index (Phi) is 5.46. The first-order chi connectivity index (χ1) is 12.9. The van der Waals surface area contributed by atoms with Gasteiger partial charge in [0.25, 0.3) is 5.91 Å². The second-order valence-electron chi connectivity index (χ2n) is 6.73. The lowest BCUT2D eigenvalue weighted by Gasteiger charge is -2.11. The predicted molar refractivity (Wildman–Crippen MR) is 111 cm³/mol. The Morgan fingerprint density at radius 2 is 1.63 bits per heavy atom. The summed E-state index contributed by atoms with van der Waals surface area (Å²) in [6.45, 7) is 7.66. The highest BCUT2D eigenvalue weighted by atomic mass is 32.1. The van der Waals surface area contributed by atoms with E-state index in [0.717, 1.165) is 15.4 Å². The molecule has 0 aliphatic carbocycles. The maximum Gasteiger partial charge on any atom is 0.258 e. The average Bonchev–Trinajstić information content (AvgIpc) is 3.24. The first-order valence-electron chi connectivity index (χ1n) is 8.82. The first-order valence-corrected chi connectivity index (χ1v) is 9.64. The van der Waals surface area contributed by atoms with Crippen LogP contribution in [0.1, 0.15) is 34.6 Å². The molecular formula is C21H23N3O2S. The summed E-state index contributed by atoms with van der Waals surface area (Å²) in [6, 6.07) is 11.1. The quantitative estimate of drug-likeness (QED) is 0.653. The van der Waals surface area contributed by atoms with Gasteiger partial charge in [0.2, 0.25) is 5.91 Å². The molecule has 0 aliphatic rings. The van der Waals surface area contributed by atoms with Gasteiger partial charge in [-0.25, -0.2) is 0 Å². The van der Waals surface area contributed by atoms with Crippen molar-refractivity contribution in [2.45, 2.75) is 27.7 Å². The molecule has 0 atom stereocenters. The van der Waals surface area contributed by atoms with E-state index in [2.05, 4.69) is 10.6 Å². The molecule has 2 aromatic heterocycles. The van der Waals surface area contributed by atoms with E-state index in [1.807, 2.05) is 68.9 Å². The number of benzene rings is 1. The maximum atomic E-state index is 13.0. The zero-order valence-corrected chi connectivity index (χ0v) is 16.7. The fourth-order valence-corrected chi connectivity index (χ4v) is 3.80. The van der Waals surface area contributed by atoms with Crippen molar-refractivity contribution in [2.75, 3.05) is 10.6 Å². The molecule has 0 aliphatic heterocycles. The van der Waals surface area contributed by atoms with Crippen molar-refractivity contribution >= 4 is 34.5 Å². The molecule has 0 spiro atoms. The highest BCUT2D eigenvalue weighted by molar-refractivity contribution is 7.15. The third kappa shape index (κ3) is 4.11. The number of nitrogens with one attached hydrogen (secondary N) is 2. The van der Waals surface area contributed by atoms with E-state index < -0.39 is 0 Å². The Labute approximate surface area is 163 Å². The lowest BCUT2D eigenvalue weighted by molar-refractivity contribution is -0.118. The van der Waals surface area contributed by atoms with E-state index >= 15 is 0 Å². The Hall–Kier alpha value is -2.86. The van der Waals surface area contributed by atoms with Crippen molar-refractivity contribution in [2.24, 2.45) is 5.92 Å². The molecular weight excluding hydrogens is 358 g/mol. The number of hydrogen-bond acceptors (Lipinski definition) is 3. The van der Waals surface area contributed by atoms with E-state index in [9.17, 15) is 9.59 Å². The van der Waals surface area contributed by atoms with Gasteiger partial charge in [0.05, 0.1) is 5.56 Å². The summed E-state index contributed by atoms with van der Waals surface area (Å²) in [4.78, 5) is 26.0. The average molecular weight is 382 g/mol. The summed E-state index contributed by atoms with van der Waals surface area (Å²) in [6.07, 6.45) is 3.87. The van der Waals surface area contributed by atoms with Gasteiger partial charge >= 0.3 is 0 Å². The van der Waals surface area contributed by atoms with Gasteiger partial charge in [-0.05, 0) is 49.7 Å². The second kappa shape index (κ2) is 7.80. The zero-order chi connectivity index (χ0) is 19.6. The van der Waals surface area contributed by atoms with Gasteiger partial charge in [0.15, 0.2) is 0 Å². The Morgan fingerprint density at radius 1 is 1.00 bits per heavy atom. The number of nitrogens with zero attached hydrogens (tertiary/aromatic N) is 1. The maximum absolute atomic E-state index is 13.0. The fraction of sp³-hybridized carbons (Fsp3) is 0.238. The van der Waals surface area contributed by atoms with Gasteiger partial charge in [-0.1, -0.05) is 19.9 Å². The number of aromatic nitrogens is 1. The minimum atomic E-state index is -0.159. The number of carbonyl (C=O) groups is 2. The SMILES string of the molecule is Cc1sc(-n2cccc2)c(C(=O)Nc2cccc(NC(=O)C(C)C)c2)c1C. The molecule has 0 fully saturated rings. The number of thiophene rings is 1. The smallest absolute Gasteiger partial charge is 0.258 e. The van der Waals surface area contributed by atoms with E-state index in [1.54, 1.807) is 23.5 Å². The number of amides is 2. The molecule has 6 heteroatoms. The van der Waals surface area contributed by atoms with Crippen LogP contribution in [0.2, 0.25) is 0 Å². The van der Waals surface area contributed by atoms with Gasteiger partial charge < -0.3 is 15.2 Å². The molecule has 3 rings (SSSR count). The molecule has 0 saturated heterocycles. The minimum absolute atomic E-state index is 0.0577. The van der Waals surface area contributed by atoms with Gasteiger partial charge in [-0.2, -0.15) is 0 Å². The third-order valence-electron chi connectivity index (χ3n) is 4.35. The Bertz CT molecular complexity index is 971. The van der Waals surface area contributed by atoms with Crippen molar-refractivity contribution in [3.05, 3.63) is 64.8 Å². The van der Waals surface area contributed by atoms with Gasteiger partial charge in [0, 0.05) is 34.6 Å². The number of rotatable bonds is 5. The van der Waals surface area contributed by atoms with E-state index in [1.165, 1.54) is 0 Å². The van der Waals surface area contributed by atoms with E-state index in [-0.39, 0.29) is 17.7 Å². The van der Waals surface area contributed by atoms with Crippen LogP contribution in [-0.4, -0.2) is 16.4 Å². The second-order valence-corrected chi connectivity index (χ2v) is 7.94. The Morgan fingerprint density at radius 3 is 2.26 bits per heavy atom. The van der Waals surface area contributed by atoms with Crippen molar-refractivity contribution in [1.29, 1.82) is 0 Å². The molecule has 0 unspecified atom stereocenters. The van der Waals surface area contributed by atoms with Crippen LogP contribution in [-0.2, 0) is 4.79 Å². The number of hydrogen-bond donors (Lipinski definition) is 2. The zero-order valence-electron chi connectivity index (χ0n) is 15.9. The van der Waals surface area contributed by atoms with Crippen molar-refractivity contribution in [1.82, 2.24) is 4.57 Å². The molecule has 0 radical (unpaired) electrons. The van der Waals surface area contributed by atoms with Crippen LogP contribution >= 0.6 is 11.3 Å². The summed E-state index contributed by atoms with van der Waals surface area (Å²) in [5, 5.41) is 6.71. The molecule has 5 nitrogen and oxygen atoms in total. The molecule has 1 aromatic carbocycles. The van der Waals surface area contributed by atoms with Crippen LogP contribution in [0.5, 0.6) is 0 Å². The summed E-state index contributed by atoms with van der Waals surface area (Å²) in [5.41, 5.74) is 2.95. The van der Waals surface area contributed by atoms with E-state index in [0.29, 0.717) is 16.9 Å². The van der Waals surface area contributed by atoms with Gasteiger partial charge in [-0.3, -0.25) is 9.59 Å². The highest BCUT2D eigenvalue weighted by Crippen LogP contribution is 2.31. The fourth-order valence-electron chi connectivity index (χ4n) is 2.68. The molecule has 2 amide bonds. The third-order valence-corrected chi connectivity index (χ3v) is 5.57. The number of carbonyl (C=O) groups excluding carboxylic acids is 2. The van der Waals surface area contributed by atoms with Crippen LogP contribution < -0.4 is 10.6 Å². The van der Waals surface area contributed by atoms with E-state index in [4.69, 9.17) is 0 Å². The van der Waals surface area contributed by atoms with Gasteiger partial charge in [0.1, 0.15) is 5.00 Å². The summed E-state index contributed by atoms with van der Waals surface area (Å²) >= 11 is 1.60. The lowest BCUT2D eigenvalue weighted by Crippen LogP contribution is -2.18. The molecule has 0 saturated carbocycles. The first kappa shape index (κ1) is 18.9. The predicted octanol–water partition coefficient (Wildman–Crippen LogP) is 5.00. The standard InChI is InChI=1S/C21H23N3O2S/c1-13(2)19(25)22-16-8-7-9-17(12-16)23-20(26)18-14(3)15(4)27-21(18)24-10-5-6-11-24/h5-13H,1-4H3,(H,22,25)(H,23,26).